The zero-order chi connectivity index (χ0) is 13.1. The molecular weight excluding hydrogens is 228 g/mol. The SMILES string of the molecule is COC1CN(c2cc([C@@H](C)O)ccn2)CCC1C. The van der Waals surface area contributed by atoms with Crippen LogP contribution in [0.5, 0.6) is 0 Å². The Morgan fingerprint density at radius 2 is 2.33 bits per heavy atom. The molecule has 4 nitrogen and oxygen atoms in total. The molecule has 18 heavy (non-hydrogen) atoms. The van der Waals surface area contributed by atoms with E-state index in [1.54, 1.807) is 20.2 Å². The summed E-state index contributed by atoms with van der Waals surface area (Å²) in [4.78, 5) is 6.63. The van der Waals surface area contributed by atoms with Crippen molar-refractivity contribution < 1.29 is 9.84 Å². The number of ether oxygens (including phenoxy) is 1. The number of hydrogen-bond acceptors (Lipinski definition) is 4. The van der Waals surface area contributed by atoms with Gasteiger partial charge in [0.05, 0.1) is 12.2 Å². The molecule has 1 aromatic heterocycles. The van der Waals surface area contributed by atoms with Gasteiger partial charge in [-0.1, -0.05) is 6.92 Å². The van der Waals surface area contributed by atoms with Crippen molar-refractivity contribution in [1.29, 1.82) is 0 Å². The molecule has 1 fully saturated rings. The van der Waals surface area contributed by atoms with Crippen LogP contribution in [0.15, 0.2) is 18.3 Å². The number of methoxy groups -OCH3 is 1. The van der Waals surface area contributed by atoms with Crippen LogP contribution in [0.2, 0.25) is 0 Å². The van der Waals surface area contributed by atoms with E-state index in [1.807, 2.05) is 12.1 Å². The Labute approximate surface area is 109 Å². The molecule has 1 N–H and O–H groups in total. The van der Waals surface area contributed by atoms with Gasteiger partial charge < -0.3 is 14.7 Å². The number of anilines is 1. The molecule has 0 spiro atoms. The summed E-state index contributed by atoms with van der Waals surface area (Å²) in [6, 6.07) is 3.82. The van der Waals surface area contributed by atoms with Crippen LogP contribution in [-0.2, 0) is 4.74 Å². The van der Waals surface area contributed by atoms with Crippen LogP contribution < -0.4 is 4.90 Å². The fraction of sp³-hybridized carbons (Fsp3) is 0.643. The number of aliphatic hydroxyl groups excluding tert-OH is 1. The van der Waals surface area contributed by atoms with Gasteiger partial charge in [0.2, 0.25) is 0 Å². The van der Waals surface area contributed by atoms with Gasteiger partial charge in [-0.3, -0.25) is 0 Å². The Morgan fingerprint density at radius 3 is 3.00 bits per heavy atom. The summed E-state index contributed by atoms with van der Waals surface area (Å²) in [7, 11) is 1.77. The highest BCUT2D eigenvalue weighted by Crippen LogP contribution is 2.25. The van der Waals surface area contributed by atoms with Crippen molar-refractivity contribution >= 4 is 5.82 Å². The van der Waals surface area contributed by atoms with Gasteiger partial charge in [-0.05, 0) is 37.0 Å². The molecule has 1 aliphatic rings. The molecule has 0 radical (unpaired) electrons. The van der Waals surface area contributed by atoms with E-state index in [0.29, 0.717) is 5.92 Å². The van der Waals surface area contributed by atoms with Gasteiger partial charge >= 0.3 is 0 Å². The lowest BCUT2D eigenvalue weighted by Gasteiger charge is -2.37. The number of aromatic nitrogens is 1. The van der Waals surface area contributed by atoms with E-state index in [2.05, 4.69) is 16.8 Å². The Kier molecular flexibility index (Phi) is 4.19. The Balaban J connectivity index is 2.14. The van der Waals surface area contributed by atoms with Crippen molar-refractivity contribution in [2.75, 3.05) is 25.1 Å². The lowest BCUT2D eigenvalue weighted by molar-refractivity contribution is 0.0496. The summed E-state index contributed by atoms with van der Waals surface area (Å²) in [5.41, 5.74) is 0.910. The van der Waals surface area contributed by atoms with Crippen LogP contribution in [0.1, 0.15) is 31.9 Å². The summed E-state index contributed by atoms with van der Waals surface area (Å²) in [5.74, 6) is 1.52. The van der Waals surface area contributed by atoms with Crippen LogP contribution >= 0.6 is 0 Å². The quantitative estimate of drug-likeness (QED) is 0.891. The molecule has 0 amide bonds. The zero-order valence-corrected chi connectivity index (χ0v) is 11.3. The summed E-state index contributed by atoms with van der Waals surface area (Å²) in [6.07, 6.45) is 2.68. The number of hydrogen-bond donors (Lipinski definition) is 1. The fourth-order valence-corrected chi connectivity index (χ4v) is 2.42. The third-order valence-electron chi connectivity index (χ3n) is 3.77. The van der Waals surface area contributed by atoms with Crippen molar-refractivity contribution in [3.05, 3.63) is 23.9 Å². The molecule has 2 rings (SSSR count). The zero-order valence-electron chi connectivity index (χ0n) is 11.3. The smallest absolute Gasteiger partial charge is 0.128 e. The second kappa shape index (κ2) is 5.67. The fourth-order valence-electron chi connectivity index (χ4n) is 2.42. The number of pyridine rings is 1. The van der Waals surface area contributed by atoms with Gasteiger partial charge in [-0.15, -0.1) is 0 Å². The first-order valence-electron chi connectivity index (χ1n) is 6.53. The molecule has 2 unspecified atom stereocenters. The third-order valence-corrected chi connectivity index (χ3v) is 3.77. The summed E-state index contributed by atoms with van der Waals surface area (Å²) >= 11 is 0. The molecule has 1 saturated heterocycles. The molecule has 100 valence electrons. The molecule has 0 aliphatic carbocycles. The van der Waals surface area contributed by atoms with Crippen LogP contribution in [0.4, 0.5) is 5.82 Å². The molecule has 4 heteroatoms. The minimum absolute atomic E-state index is 0.260. The number of aliphatic hydroxyl groups is 1. The molecule has 0 bridgehead atoms. The van der Waals surface area contributed by atoms with Crippen molar-refractivity contribution in [2.45, 2.75) is 32.5 Å². The van der Waals surface area contributed by atoms with E-state index in [0.717, 1.165) is 30.9 Å². The van der Waals surface area contributed by atoms with Crippen molar-refractivity contribution in [3.63, 3.8) is 0 Å². The van der Waals surface area contributed by atoms with Crippen LogP contribution in [0.3, 0.4) is 0 Å². The van der Waals surface area contributed by atoms with Crippen LogP contribution in [-0.4, -0.2) is 36.4 Å². The van der Waals surface area contributed by atoms with Crippen molar-refractivity contribution in [3.8, 4) is 0 Å². The minimum atomic E-state index is -0.450. The highest BCUT2D eigenvalue weighted by atomic mass is 16.5. The first-order valence-corrected chi connectivity index (χ1v) is 6.53. The van der Waals surface area contributed by atoms with Gasteiger partial charge in [0, 0.05) is 26.4 Å². The number of nitrogens with zero attached hydrogens (tertiary/aromatic N) is 2. The first kappa shape index (κ1) is 13.3. The maximum atomic E-state index is 9.62. The normalized spacial score (nSPS) is 26.1. The standard InChI is InChI=1S/C14H22N2O2/c1-10-5-7-16(9-13(10)18-3)14-8-12(11(2)17)4-6-15-14/h4,6,8,10-11,13,17H,5,7,9H2,1-3H3/t10?,11-,13?/m1/s1. The summed E-state index contributed by atoms with van der Waals surface area (Å²) in [5, 5.41) is 9.62. The molecule has 2 heterocycles. The highest BCUT2D eigenvalue weighted by Gasteiger charge is 2.26. The monoisotopic (exact) mass is 250 g/mol. The Hall–Kier alpha value is -1.13. The van der Waals surface area contributed by atoms with Crippen LogP contribution in [0, 0.1) is 5.92 Å². The summed E-state index contributed by atoms with van der Waals surface area (Å²) < 4.78 is 5.51. The second-order valence-electron chi connectivity index (χ2n) is 5.11. The molecule has 0 aromatic carbocycles. The first-order chi connectivity index (χ1) is 8.61. The van der Waals surface area contributed by atoms with E-state index in [-0.39, 0.29) is 6.10 Å². The third kappa shape index (κ3) is 2.82. The van der Waals surface area contributed by atoms with Gasteiger partial charge in [-0.25, -0.2) is 4.98 Å². The molecule has 3 atom stereocenters. The predicted molar refractivity (Wildman–Crippen MR) is 71.7 cm³/mol. The average molecular weight is 250 g/mol. The highest BCUT2D eigenvalue weighted by molar-refractivity contribution is 5.42. The van der Waals surface area contributed by atoms with Gasteiger partial charge in [-0.2, -0.15) is 0 Å². The largest absolute Gasteiger partial charge is 0.389 e. The van der Waals surface area contributed by atoms with Crippen molar-refractivity contribution in [2.24, 2.45) is 5.92 Å². The minimum Gasteiger partial charge on any atom is -0.389 e. The maximum Gasteiger partial charge on any atom is 0.128 e. The van der Waals surface area contributed by atoms with Gasteiger partial charge in [0.15, 0.2) is 0 Å². The van der Waals surface area contributed by atoms with Gasteiger partial charge in [0.1, 0.15) is 5.82 Å². The molecule has 0 saturated carbocycles. The number of piperidine rings is 1. The number of rotatable bonds is 3. The van der Waals surface area contributed by atoms with E-state index in [4.69, 9.17) is 4.74 Å². The molecule has 1 aromatic rings. The predicted octanol–water partition coefficient (Wildman–Crippen LogP) is 2.00. The molecular formula is C14H22N2O2. The lowest BCUT2D eigenvalue weighted by atomic mass is 9.96. The van der Waals surface area contributed by atoms with E-state index in [9.17, 15) is 5.11 Å². The van der Waals surface area contributed by atoms with Gasteiger partial charge in [0.25, 0.3) is 0 Å². The van der Waals surface area contributed by atoms with E-state index < -0.39 is 6.10 Å². The molecule has 1 aliphatic heterocycles. The average Bonchev–Trinajstić information content (AvgIpc) is 2.39. The second-order valence-corrected chi connectivity index (χ2v) is 5.11. The van der Waals surface area contributed by atoms with Crippen LogP contribution in [0.25, 0.3) is 0 Å². The lowest BCUT2D eigenvalue weighted by Crippen LogP contribution is -2.44. The summed E-state index contributed by atoms with van der Waals surface area (Å²) in [6.45, 7) is 5.87. The topological polar surface area (TPSA) is 45.6 Å². The maximum absolute atomic E-state index is 9.62. The van der Waals surface area contributed by atoms with Crippen molar-refractivity contribution in [1.82, 2.24) is 4.98 Å². The van der Waals surface area contributed by atoms with E-state index >= 15 is 0 Å². The Morgan fingerprint density at radius 1 is 1.56 bits per heavy atom. The van der Waals surface area contributed by atoms with E-state index in [1.165, 1.54) is 0 Å². The Bertz CT molecular complexity index is 395.